The van der Waals surface area contributed by atoms with Gasteiger partial charge in [-0.05, 0) is 36.4 Å². The number of halogens is 2. The molecule has 9 heteroatoms. The van der Waals surface area contributed by atoms with Crippen LogP contribution in [0.2, 0.25) is 0 Å². The van der Waals surface area contributed by atoms with Gasteiger partial charge in [0, 0.05) is 0 Å². The number of benzene rings is 1. The van der Waals surface area contributed by atoms with E-state index < -0.39 is 12.6 Å². The van der Waals surface area contributed by atoms with Gasteiger partial charge in [-0.3, -0.25) is 0 Å². The Hall–Kier alpha value is -3.23. The second-order valence-electron chi connectivity index (χ2n) is 4.46. The molecule has 0 fully saturated rings. The molecule has 0 saturated carbocycles. The van der Waals surface area contributed by atoms with Crippen LogP contribution in [0, 0.1) is 0 Å². The van der Waals surface area contributed by atoms with Crippen LogP contribution in [0.25, 0.3) is 11.7 Å². The van der Waals surface area contributed by atoms with Crippen LogP contribution in [0.15, 0.2) is 51.5 Å². The number of carbonyl (C=O) groups excluding carboxylic acids is 1. The minimum absolute atomic E-state index is 0.0541. The predicted molar refractivity (Wildman–Crippen MR) is 74.2 cm³/mol. The third-order valence-corrected chi connectivity index (χ3v) is 2.84. The Labute approximate surface area is 133 Å². The van der Waals surface area contributed by atoms with Crippen LogP contribution in [0.1, 0.15) is 16.2 Å². The molecule has 0 bridgehead atoms. The van der Waals surface area contributed by atoms with Gasteiger partial charge in [-0.25, -0.2) is 4.79 Å². The number of hydrogen-bond acceptors (Lipinski definition) is 7. The lowest BCUT2D eigenvalue weighted by Gasteiger charge is -2.05. The lowest BCUT2D eigenvalue weighted by atomic mass is 10.2. The first kappa shape index (κ1) is 15.7. The summed E-state index contributed by atoms with van der Waals surface area (Å²) in [6.07, 6.45) is 1.46. The molecule has 7 nitrogen and oxygen atoms in total. The van der Waals surface area contributed by atoms with Crippen molar-refractivity contribution >= 4 is 5.97 Å². The Bertz CT molecular complexity index is 800. The number of esters is 1. The first-order valence-electron chi connectivity index (χ1n) is 6.70. The highest BCUT2D eigenvalue weighted by atomic mass is 19.3. The summed E-state index contributed by atoms with van der Waals surface area (Å²) in [5, 5.41) is 7.49. The van der Waals surface area contributed by atoms with Gasteiger partial charge in [0.25, 0.3) is 11.8 Å². The summed E-state index contributed by atoms with van der Waals surface area (Å²) < 4.78 is 43.7. The molecule has 0 atom stereocenters. The highest BCUT2D eigenvalue weighted by Gasteiger charge is 2.14. The molecule has 0 aliphatic rings. The number of carbonyl (C=O) groups is 1. The minimum Gasteiger partial charge on any atom is -0.459 e. The van der Waals surface area contributed by atoms with Crippen LogP contribution in [-0.4, -0.2) is 22.8 Å². The maximum atomic E-state index is 12.0. The number of aromatic nitrogens is 2. The number of rotatable bonds is 6. The maximum Gasteiger partial charge on any atom is 0.387 e. The normalized spacial score (nSPS) is 10.8. The largest absolute Gasteiger partial charge is 0.459 e. The molecule has 24 heavy (non-hydrogen) atoms. The van der Waals surface area contributed by atoms with Crippen molar-refractivity contribution in [3.8, 4) is 17.4 Å². The fraction of sp³-hybridized carbons (Fsp3) is 0.133. The molecule has 2 heterocycles. The number of hydrogen-bond donors (Lipinski definition) is 0. The summed E-state index contributed by atoms with van der Waals surface area (Å²) in [6.45, 7) is -3.16. The maximum absolute atomic E-state index is 12.0. The van der Waals surface area contributed by atoms with Crippen molar-refractivity contribution in [2.45, 2.75) is 13.2 Å². The second kappa shape index (κ2) is 6.90. The number of ether oxygens (including phenoxy) is 2. The van der Waals surface area contributed by atoms with Crippen LogP contribution in [0.3, 0.4) is 0 Å². The van der Waals surface area contributed by atoms with Crippen LogP contribution < -0.4 is 4.74 Å². The van der Waals surface area contributed by atoms with Crippen molar-refractivity contribution < 1.29 is 31.9 Å². The fourth-order valence-corrected chi connectivity index (χ4v) is 1.79. The highest BCUT2D eigenvalue weighted by molar-refractivity contribution is 5.89. The molecule has 0 unspecified atom stereocenters. The van der Waals surface area contributed by atoms with E-state index in [2.05, 4.69) is 14.9 Å². The standard InChI is InChI=1S/C15H10F2N2O5/c16-15(17)23-10-5-3-9(4-6-10)14(20)22-8-12-18-19-13(24-12)11-2-1-7-21-11/h1-7,15H,8H2. The Balaban J connectivity index is 1.57. The van der Waals surface area contributed by atoms with Crippen molar-refractivity contribution in [3.63, 3.8) is 0 Å². The zero-order valence-electron chi connectivity index (χ0n) is 12.0. The number of nitrogens with zero attached hydrogens (tertiary/aromatic N) is 2. The number of furan rings is 1. The average Bonchev–Trinajstić information content (AvgIpc) is 3.24. The van der Waals surface area contributed by atoms with Gasteiger partial charge in [0.15, 0.2) is 12.4 Å². The van der Waals surface area contributed by atoms with Crippen molar-refractivity contribution in [2.24, 2.45) is 0 Å². The monoisotopic (exact) mass is 336 g/mol. The summed E-state index contributed by atoms with van der Waals surface area (Å²) in [6, 6.07) is 8.41. The van der Waals surface area contributed by atoms with Gasteiger partial charge in [-0.2, -0.15) is 8.78 Å². The summed E-state index contributed by atoms with van der Waals surface area (Å²) in [4.78, 5) is 11.9. The topological polar surface area (TPSA) is 87.6 Å². The molecule has 0 aliphatic heterocycles. The molecule has 0 radical (unpaired) electrons. The molecule has 0 N–H and O–H groups in total. The van der Waals surface area contributed by atoms with E-state index in [0.717, 1.165) is 0 Å². The molecule has 3 rings (SSSR count). The first-order valence-corrected chi connectivity index (χ1v) is 6.70. The van der Waals surface area contributed by atoms with Gasteiger partial charge >= 0.3 is 12.6 Å². The van der Waals surface area contributed by atoms with Gasteiger partial charge < -0.3 is 18.3 Å². The zero-order chi connectivity index (χ0) is 16.9. The Kier molecular flexibility index (Phi) is 4.50. The molecule has 3 aromatic rings. The molecule has 0 spiro atoms. The molecule has 2 aromatic heterocycles. The van der Waals surface area contributed by atoms with E-state index in [0.29, 0.717) is 5.76 Å². The summed E-state index contributed by atoms with van der Waals surface area (Å²) in [5.74, 6) is -0.0699. The van der Waals surface area contributed by atoms with Crippen LogP contribution in [0.4, 0.5) is 8.78 Å². The smallest absolute Gasteiger partial charge is 0.387 e. The molecule has 1 aromatic carbocycles. The summed E-state index contributed by atoms with van der Waals surface area (Å²) in [5.41, 5.74) is 0.169. The summed E-state index contributed by atoms with van der Waals surface area (Å²) >= 11 is 0. The molecule has 124 valence electrons. The van der Waals surface area contributed by atoms with Crippen molar-refractivity contribution in [3.05, 3.63) is 54.1 Å². The predicted octanol–water partition coefficient (Wildman–Crippen LogP) is 3.29. The Morgan fingerprint density at radius 2 is 1.96 bits per heavy atom. The first-order chi connectivity index (χ1) is 11.6. The quantitative estimate of drug-likeness (QED) is 0.638. The highest BCUT2D eigenvalue weighted by Crippen LogP contribution is 2.19. The molecule has 0 amide bonds. The van der Waals surface area contributed by atoms with E-state index in [4.69, 9.17) is 13.6 Å². The van der Waals surface area contributed by atoms with E-state index in [1.54, 1.807) is 12.1 Å². The lowest BCUT2D eigenvalue weighted by Crippen LogP contribution is -2.06. The van der Waals surface area contributed by atoms with E-state index in [-0.39, 0.29) is 29.7 Å². The van der Waals surface area contributed by atoms with Gasteiger partial charge in [0.1, 0.15) is 5.75 Å². The zero-order valence-corrected chi connectivity index (χ0v) is 12.0. The molecule has 0 aliphatic carbocycles. The van der Waals surface area contributed by atoms with Gasteiger partial charge in [0.2, 0.25) is 0 Å². The van der Waals surface area contributed by atoms with Crippen molar-refractivity contribution in [2.75, 3.05) is 0 Å². The third kappa shape index (κ3) is 3.75. The molecular weight excluding hydrogens is 326 g/mol. The van der Waals surface area contributed by atoms with Crippen molar-refractivity contribution in [1.29, 1.82) is 0 Å². The average molecular weight is 336 g/mol. The fourth-order valence-electron chi connectivity index (χ4n) is 1.79. The van der Waals surface area contributed by atoms with Crippen LogP contribution >= 0.6 is 0 Å². The number of alkyl halides is 2. The second-order valence-corrected chi connectivity index (χ2v) is 4.46. The van der Waals surface area contributed by atoms with Crippen LogP contribution in [0.5, 0.6) is 5.75 Å². The van der Waals surface area contributed by atoms with Gasteiger partial charge in [0.05, 0.1) is 11.8 Å². The van der Waals surface area contributed by atoms with Crippen molar-refractivity contribution in [1.82, 2.24) is 10.2 Å². The third-order valence-electron chi connectivity index (χ3n) is 2.84. The minimum atomic E-state index is -2.93. The van der Waals surface area contributed by atoms with E-state index in [9.17, 15) is 13.6 Å². The molecular formula is C15H10F2N2O5. The Morgan fingerprint density at radius 3 is 2.62 bits per heavy atom. The van der Waals surface area contributed by atoms with Gasteiger partial charge in [-0.15, -0.1) is 10.2 Å². The van der Waals surface area contributed by atoms with Crippen LogP contribution in [-0.2, 0) is 11.3 Å². The molecule has 0 saturated heterocycles. The SMILES string of the molecule is O=C(OCc1nnc(-c2ccco2)o1)c1ccc(OC(F)F)cc1. The lowest BCUT2D eigenvalue weighted by molar-refractivity contribution is -0.0498. The van der Waals surface area contributed by atoms with E-state index >= 15 is 0 Å². The van der Waals surface area contributed by atoms with E-state index in [1.165, 1.54) is 30.5 Å². The summed E-state index contributed by atoms with van der Waals surface area (Å²) in [7, 11) is 0. The van der Waals surface area contributed by atoms with Gasteiger partial charge in [-0.1, -0.05) is 0 Å². The van der Waals surface area contributed by atoms with E-state index in [1.807, 2.05) is 0 Å². The Morgan fingerprint density at radius 1 is 1.17 bits per heavy atom.